The zero-order valence-corrected chi connectivity index (χ0v) is 15.8. The molecule has 0 saturated heterocycles. The highest BCUT2D eigenvalue weighted by Crippen LogP contribution is 2.37. The lowest BCUT2D eigenvalue weighted by Crippen LogP contribution is -2.02. The molecule has 0 aliphatic rings. The third-order valence-electron chi connectivity index (χ3n) is 4.27. The van der Waals surface area contributed by atoms with E-state index in [0.29, 0.717) is 33.8 Å². The van der Waals surface area contributed by atoms with Gasteiger partial charge in [0, 0.05) is 29.7 Å². The first-order chi connectivity index (χ1) is 13.7. The van der Waals surface area contributed by atoms with Crippen molar-refractivity contribution in [3.05, 3.63) is 59.5 Å². The van der Waals surface area contributed by atoms with Gasteiger partial charge in [-0.25, -0.2) is 9.97 Å². The van der Waals surface area contributed by atoms with Crippen LogP contribution >= 0.6 is 11.6 Å². The first kappa shape index (κ1) is 17.8. The zero-order chi connectivity index (χ0) is 19.7. The number of fused-ring (bicyclic) bond motifs is 1. The van der Waals surface area contributed by atoms with E-state index in [9.17, 15) is 0 Å². The van der Waals surface area contributed by atoms with Gasteiger partial charge in [-0.15, -0.1) is 0 Å². The van der Waals surface area contributed by atoms with E-state index in [1.807, 2.05) is 12.1 Å². The Morgan fingerprint density at radius 2 is 1.86 bits per heavy atom. The van der Waals surface area contributed by atoms with Gasteiger partial charge >= 0.3 is 6.01 Å². The van der Waals surface area contributed by atoms with Gasteiger partial charge < -0.3 is 9.47 Å². The molecular weight excluding hydrogens is 378 g/mol. The van der Waals surface area contributed by atoms with Crippen LogP contribution in [0, 0.1) is 11.3 Å². The summed E-state index contributed by atoms with van der Waals surface area (Å²) in [5.74, 6) is 0.339. The number of imidazole rings is 1. The summed E-state index contributed by atoms with van der Waals surface area (Å²) in [5, 5.41) is 9.45. The molecule has 0 N–H and O–H groups in total. The van der Waals surface area contributed by atoms with E-state index in [-0.39, 0.29) is 0 Å². The number of methoxy groups -OCH3 is 2. The Bertz CT molecular complexity index is 1210. The van der Waals surface area contributed by atoms with E-state index in [2.05, 4.69) is 21.0 Å². The smallest absolute Gasteiger partial charge is 0.302 e. The summed E-state index contributed by atoms with van der Waals surface area (Å²) < 4.78 is 12.3. The maximum absolute atomic E-state index is 9.07. The molecule has 0 bridgehead atoms. The third-order valence-corrected chi connectivity index (χ3v) is 4.54. The molecular formula is C20H14ClN5O2. The number of aromatic nitrogens is 4. The van der Waals surface area contributed by atoms with Gasteiger partial charge in [-0.3, -0.25) is 4.40 Å². The van der Waals surface area contributed by atoms with Crippen LogP contribution in [-0.2, 0) is 0 Å². The van der Waals surface area contributed by atoms with Crippen LogP contribution < -0.4 is 9.47 Å². The molecule has 4 rings (SSSR count). The van der Waals surface area contributed by atoms with Crippen molar-refractivity contribution in [1.82, 2.24) is 19.4 Å². The molecule has 0 amide bonds. The van der Waals surface area contributed by atoms with Crippen LogP contribution in [0.4, 0.5) is 0 Å². The number of pyridine rings is 1. The number of benzene rings is 1. The summed E-state index contributed by atoms with van der Waals surface area (Å²) in [5.41, 5.74) is 4.14. The number of nitriles is 1. The summed E-state index contributed by atoms with van der Waals surface area (Å²) >= 11 is 6.31. The third kappa shape index (κ3) is 2.90. The summed E-state index contributed by atoms with van der Waals surface area (Å²) in [6, 6.07) is 11.4. The van der Waals surface area contributed by atoms with Crippen LogP contribution in [0.15, 0.2) is 48.9 Å². The SMILES string of the molecule is COc1ncc(-c2c(-c3ccc(C#N)cc3)nc(OC)n3ccnc23)cc1Cl. The van der Waals surface area contributed by atoms with Gasteiger partial charge in [0.15, 0.2) is 5.65 Å². The Kier molecular flexibility index (Phi) is 4.55. The molecule has 4 aromatic rings. The number of hydrogen-bond acceptors (Lipinski definition) is 6. The van der Waals surface area contributed by atoms with Crippen molar-refractivity contribution in [2.45, 2.75) is 0 Å². The van der Waals surface area contributed by atoms with E-state index in [1.54, 1.807) is 48.3 Å². The van der Waals surface area contributed by atoms with Gasteiger partial charge in [0.25, 0.3) is 0 Å². The van der Waals surface area contributed by atoms with Gasteiger partial charge in [-0.05, 0) is 18.2 Å². The van der Waals surface area contributed by atoms with Gasteiger partial charge in [0.2, 0.25) is 5.88 Å². The number of hydrogen-bond donors (Lipinski definition) is 0. The van der Waals surface area contributed by atoms with E-state index >= 15 is 0 Å². The number of nitrogens with zero attached hydrogens (tertiary/aromatic N) is 5. The molecule has 0 spiro atoms. The Labute approximate surface area is 165 Å². The van der Waals surface area contributed by atoms with E-state index in [0.717, 1.165) is 16.7 Å². The predicted octanol–water partition coefficient (Wildman–Crippen LogP) is 4.00. The lowest BCUT2D eigenvalue weighted by atomic mass is 10.0. The second kappa shape index (κ2) is 7.18. The summed E-state index contributed by atoms with van der Waals surface area (Å²) in [6.45, 7) is 0. The normalized spacial score (nSPS) is 10.6. The number of halogens is 1. The van der Waals surface area contributed by atoms with Crippen molar-refractivity contribution in [2.75, 3.05) is 14.2 Å². The maximum Gasteiger partial charge on any atom is 0.302 e. The highest BCUT2D eigenvalue weighted by molar-refractivity contribution is 6.32. The van der Waals surface area contributed by atoms with Crippen molar-refractivity contribution in [3.8, 4) is 40.3 Å². The molecule has 138 valence electrons. The minimum absolute atomic E-state index is 0.339. The second-order valence-electron chi connectivity index (χ2n) is 5.85. The average molecular weight is 392 g/mol. The van der Waals surface area contributed by atoms with Gasteiger partial charge in [0.05, 0.1) is 37.1 Å². The Hall–Kier alpha value is -3.63. The standard InChI is InChI=1S/C20H14ClN5O2/c1-27-19-15(21)9-14(11-24-19)16-17(13-5-3-12(10-22)4-6-13)25-20(28-2)26-8-7-23-18(16)26/h3-9,11H,1-2H3. The number of ether oxygens (including phenoxy) is 2. The maximum atomic E-state index is 9.07. The van der Waals surface area contributed by atoms with E-state index in [1.165, 1.54) is 7.11 Å². The molecule has 0 saturated carbocycles. The van der Waals surface area contributed by atoms with Crippen LogP contribution in [0.1, 0.15) is 5.56 Å². The Morgan fingerprint density at radius 1 is 1.07 bits per heavy atom. The first-order valence-electron chi connectivity index (χ1n) is 8.27. The highest BCUT2D eigenvalue weighted by atomic mass is 35.5. The molecule has 28 heavy (non-hydrogen) atoms. The zero-order valence-electron chi connectivity index (χ0n) is 15.0. The Morgan fingerprint density at radius 3 is 2.50 bits per heavy atom. The van der Waals surface area contributed by atoms with Gasteiger partial charge in [-0.2, -0.15) is 10.2 Å². The van der Waals surface area contributed by atoms with Crippen LogP contribution in [0.3, 0.4) is 0 Å². The fourth-order valence-electron chi connectivity index (χ4n) is 2.99. The molecule has 3 aromatic heterocycles. The predicted molar refractivity (Wildman–Crippen MR) is 104 cm³/mol. The topological polar surface area (TPSA) is 85.3 Å². The molecule has 0 fully saturated rings. The van der Waals surface area contributed by atoms with Crippen molar-refractivity contribution in [1.29, 1.82) is 5.26 Å². The van der Waals surface area contributed by atoms with Crippen LogP contribution in [0.5, 0.6) is 11.9 Å². The summed E-state index contributed by atoms with van der Waals surface area (Å²) in [4.78, 5) is 13.4. The van der Waals surface area contributed by atoms with Crippen molar-refractivity contribution >= 4 is 17.2 Å². The molecule has 7 nitrogen and oxygen atoms in total. The minimum Gasteiger partial charge on any atom is -0.480 e. The average Bonchev–Trinajstić information content (AvgIpc) is 3.22. The van der Waals surface area contributed by atoms with Crippen molar-refractivity contribution < 1.29 is 9.47 Å². The van der Waals surface area contributed by atoms with E-state index in [4.69, 9.17) is 26.3 Å². The second-order valence-corrected chi connectivity index (χ2v) is 6.25. The van der Waals surface area contributed by atoms with Gasteiger partial charge in [-0.1, -0.05) is 23.7 Å². The lowest BCUT2D eigenvalue weighted by Gasteiger charge is -2.14. The molecule has 3 heterocycles. The minimum atomic E-state index is 0.339. The summed E-state index contributed by atoms with van der Waals surface area (Å²) in [7, 11) is 3.06. The molecule has 0 aliphatic carbocycles. The van der Waals surface area contributed by atoms with E-state index < -0.39 is 0 Å². The Balaban J connectivity index is 2.04. The fourth-order valence-corrected chi connectivity index (χ4v) is 3.23. The van der Waals surface area contributed by atoms with Crippen LogP contribution in [0.25, 0.3) is 28.0 Å². The highest BCUT2D eigenvalue weighted by Gasteiger charge is 2.20. The van der Waals surface area contributed by atoms with Crippen LogP contribution in [0.2, 0.25) is 5.02 Å². The molecule has 0 radical (unpaired) electrons. The number of rotatable bonds is 4. The van der Waals surface area contributed by atoms with Crippen molar-refractivity contribution in [3.63, 3.8) is 0 Å². The monoisotopic (exact) mass is 391 g/mol. The quantitative estimate of drug-likeness (QED) is 0.522. The van der Waals surface area contributed by atoms with Crippen molar-refractivity contribution in [2.24, 2.45) is 0 Å². The fraction of sp³-hybridized carbons (Fsp3) is 0.100. The molecule has 0 aliphatic heterocycles. The molecule has 1 aromatic carbocycles. The largest absolute Gasteiger partial charge is 0.480 e. The lowest BCUT2D eigenvalue weighted by molar-refractivity contribution is 0.375. The first-order valence-corrected chi connectivity index (χ1v) is 8.65. The van der Waals surface area contributed by atoms with Crippen LogP contribution in [-0.4, -0.2) is 33.6 Å². The molecule has 8 heteroatoms. The molecule has 0 atom stereocenters. The summed E-state index contributed by atoms with van der Waals surface area (Å²) in [6.07, 6.45) is 5.10. The van der Waals surface area contributed by atoms with Gasteiger partial charge in [0.1, 0.15) is 5.02 Å². The molecule has 0 unspecified atom stereocenters.